The van der Waals surface area contributed by atoms with Crippen LogP contribution < -0.4 is 24.6 Å². The van der Waals surface area contributed by atoms with Gasteiger partial charge in [0.05, 0.1) is 19.4 Å². The number of methoxy groups -OCH3 is 1. The van der Waals surface area contributed by atoms with E-state index >= 15 is 0 Å². The van der Waals surface area contributed by atoms with E-state index in [1.54, 1.807) is 37.5 Å². The molecule has 2 heterocycles. The third kappa shape index (κ3) is 4.57. The van der Waals surface area contributed by atoms with E-state index < -0.39 is 11.8 Å². The first kappa shape index (κ1) is 25.7. The van der Waals surface area contributed by atoms with E-state index in [2.05, 4.69) is 37.9 Å². The Balaban J connectivity index is 1.79. The van der Waals surface area contributed by atoms with Crippen LogP contribution in [0.15, 0.2) is 42.0 Å². The van der Waals surface area contributed by atoms with Crippen LogP contribution in [-0.2, 0) is 9.59 Å². The van der Waals surface area contributed by atoms with E-state index in [0.29, 0.717) is 35.3 Å². The lowest BCUT2D eigenvalue weighted by Gasteiger charge is -2.47. The van der Waals surface area contributed by atoms with Gasteiger partial charge in [-0.25, -0.2) is 0 Å². The molecular weight excluding hydrogens is 474 g/mol. The fourth-order valence-corrected chi connectivity index (χ4v) is 5.62. The lowest BCUT2D eigenvalue weighted by Crippen LogP contribution is -2.54. The second-order valence-corrected chi connectivity index (χ2v) is 10.1. The number of fused-ring (bicyclic) bond motifs is 1. The van der Waals surface area contributed by atoms with Gasteiger partial charge in [-0.3, -0.25) is 19.8 Å². The number of anilines is 2. The molecule has 0 saturated carbocycles. The highest BCUT2D eigenvalue weighted by Gasteiger charge is 2.37. The number of hydrogen-bond acceptors (Lipinski definition) is 6. The molecule has 36 heavy (non-hydrogen) atoms. The van der Waals surface area contributed by atoms with Gasteiger partial charge < -0.3 is 14.4 Å². The molecule has 1 atom stereocenters. The van der Waals surface area contributed by atoms with Crippen molar-refractivity contribution >= 4 is 46.6 Å². The normalized spacial score (nSPS) is 20.3. The highest BCUT2D eigenvalue weighted by atomic mass is 32.1. The van der Waals surface area contributed by atoms with Gasteiger partial charge in [0.2, 0.25) is 0 Å². The average Bonchev–Trinajstić information content (AvgIpc) is 2.81. The van der Waals surface area contributed by atoms with E-state index in [-0.39, 0.29) is 16.2 Å². The molecule has 0 bridgehead atoms. The Kier molecular flexibility index (Phi) is 7.09. The maximum Gasteiger partial charge on any atom is 0.270 e. The van der Waals surface area contributed by atoms with Crippen molar-refractivity contribution in [2.45, 2.75) is 52.5 Å². The predicted octanol–water partition coefficient (Wildman–Crippen LogP) is 5.04. The zero-order valence-corrected chi connectivity index (χ0v) is 22.5. The van der Waals surface area contributed by atoms with Crippen molar-refractivity contribution in [3.63, 3.8) is 0 Å². The van der Waals surface area contributed by atoms with Crippen molar-refractivity contribution in [1.29, 1.82) is 0 Å². The second kappa shape index (κ2) is 9.93. The molecule has 2 aliphatic rings. The molecule has 1 fully saturated rings. The number of amides is 2. The molecule has 1 saturated heterocycles. The summed E-state index contributed by atoms with van der Waals surface area (Å²) in [5, 5.41) is 2.69. The Morgan fingerprint density at radius 2 is 1.94 bits per heavy atom. The summed E-state index contributed by atoms with van der Waals surface area (Å²) in [7, 11) is 1.60. The summed E-state index contributed by atoms with van der Waals surface area (Å²) >= 11 is 5.36. The van der Waals surface area contributed by atoms with Crippen molar-refractivity contribution < 1.29 is 19.1 Å². The van der Waals surface area contributed by atoms with Crippen LogP contribution in [0.25, 0.3) is 6.08 Å². The molecule has 2 aromatic rings. The highest BCUT2D eigenvalue weighted by molar-refractivity contribution is 7.80. The summed E-state index contributed by atoms with van der Waals surface area (Å²) in [6.07, 6.45) is 2.59. The lowest BCUT2D eigenvalue weighted by molar-refractivity contribution is -0.122. The molecular formula is C28H33N3O4S. The van der Waals surface area contributed by atoms with Crippen molar-refractivity contribution in [3.05, 3.63) is 53.1 Å². The van der Waals surface area contributed by atoms with Crippen molar-refractivity contribution in [3.8, 4) is 11.5 Å². The number of thiocarbonyl (C=S) groups is 1. The molecule has 8 heteroatoms. The predicted molar refractivity (Wildman–Crippen MR) is 147 cm³/mol. The number of carbonyl (C=O) groups is 2. The van der Waals surface area contributed by atoms with Crippen LogP contribution in [0.2, 0.25) is 0 Å². The quantitative estimate of drug-likeness (QED) is 0.336. The Hall–Kier alpha value is -3.39. The van der Waals surface area contributed by atoms with Gasteiger partial charge in [0.1, 0.15) is 17.1 Å². The number of carbonyl (C=O) groups excluding carboxylic acids is 2. The van der Waals surface area contributed by atoms with Gasteiger partial charge in [0, 0.05) is 35.5 Å². The van der Waals surface area contributed by atoms with Crippen molar-refractivity contribution in [2.24, 2.45) is 0 Å². The van der Waals surface area contributed by atoms with Crippen LogP contribution in [0, 0.1) is 0 Å². The Morgan fingerprint density at radius 3 is 2.61 bits per heavy atom. The molecule has 1 N–H and O–H groups in total. The molecule has 2 aromatic carbocycles. The van der Waals surface area contributed by atoms with Gasteiger partial charge in [-0.1, -0.05) is 13.0 Å². The smallest absolute Gasteiger partial charge is 0.270 e. The number of benzene rings is 2. The summed E-state index contributed by atoms with van der Waals surface area (Å²) in [6.45, 7) is 12.1. The first-order valence-electron chi connectivity index (χ1n) is 12.2. The summed E-state index contributed by atoms with van der Waals surface area (Å²) in [6, 6.07) is 11.1. The van der Waals surface area contributed by atoms with Crippen LogP contribution in [0.3, 0.4) is 0 Å². The minimum atomic E-state index is -0.536. The Morgan fingerprint density at radius 1 is 1.19 bits per heavy atom. The molecule has 0 spiro atoms. The Labute approximate surface area is 218 Å². The zero-order valence-electron chi connectivity index (χ0n) is 21.7. The van der Waals surface area contributed by atoms with E-state index in [9.17, 15) is 9.59 Å². The van der Waals surface area contributed by atoms with Gasteiger partial charge >= 0.3 is 0 Å². The minimum Gasteiger partial charge on any atom is -0.496 e. The molecule has 7 nitrogen and oxygen atoms in total. The molecule has 2 aliphatic heterocycles. The fourth-order valence-electron chi connectivity index (χ4n) is 5.34. The number of nitrogens with zero attached hydrogens (tertiary/aromatic N) is 2. The molecule has 190 valence electrons. The van der Waals surface area contributed by atoms with E-state index in [4.69, 9.17) is 21.7 Å². The monoisotopic (exact) mass is 507 g/mol. The van der Waals surface area contributed by atoms with Crippen LogP contribution in [-0.4, -0.2) is 42.7 Å². The van der Waals surface area contributed by atoms with Gasteiger partial charge in [0.15, 0.2) is 5.11 Å². The molecule has 0 aromatic heterocycles. The molecule has 1 unspecified atom stereocenters. The number of nitrogens with one attached hydrogen (secondary N) is 1. The number of hydrogen-bond donors (Lipinski definition) is 1. The molecule has 0 radical (unpaired) electrons. The topological polar surface area (TPSA) is 71.1 Å². The maximum atomic E-state index is 13.6. The molecule has 0 aliphatic carbocycles. The van der Waals surface area contributed by atoms with Gasteiger partial charge in [-0.05, 0) is 82.1 Å². The fraction of sp³-hybridized carbons (Fsp3) is 0.393. The summed E-state index contributed by atoms with van der Waals surface area (Å²) in [5.74, 6) is 0.486. The number of rotatable bonds is 6. The van der Waals surface area contributed by atoms with Crippen LogP contribution in [0.5, 0.6) is 11.5 Å². The third-order valence-corrected chi connectivity index (χ3v) is 7.13. The maximum absolute atomic E-state index is 13.6. The van der Waals surface area contributed by atoms with Crippen LogP contribution in [0.4, 0.5) is 11.4 Å². The molecule has 4 rings (SSSR count). The van der Waals surface area contributed by atoms with Crippen LogP contribution >= 0.6 is 12.2 Å². The standard InChI is InChI=1S/C28H33N3O4S/c1-7-30-23-15-24(34-6)18(12-21(23)17(3)16-28(30,4)5)13-22-25(32)29-27(36)31(26(22)33)19-10-9-11-20(14-19)35-8-2/h9-15,17H,7-8,16H2,1-6H3,(H,29,32,36)/b22-13-. The summed E-state index contributed by atoms with van der Waals surface area (Å²) < 4.78 is 11.3. The van der Waals surface area contributed by atoms with E-state index in [1.807, 2.05) is 19.1 Å². The Bertz CT molecular complexity index is 1250. The van der Waals surface area contributed by atoms with Gasteiger partial charge in [-0.15, -0.1) is 0 Å². The zero-order chi connectivity index (χ0) is 26.2. The highest BCUT2D eigenvalue weighted by Crippen LogP contribution is 2.46. The summed E-state index contributed by atoms with van der Waals surface area (Å²) in [4.78, 5) is 30.2. The second-order valence-electron chi connectivity index (χ2n) is 9.70. The van der Waals surface area contributed by atoms with E-state index in [1.165, 1.54) is 10.5 Å². The SMILES string of the molecule is CCOc1cccc(N2C(=O)/C(=C\c3cc4c(cc3OC)N(CC)C(C)(C)CC4C)C(=O)NC2=S)c1. The van der Waals surface area contributed by atoms with Crippen molar-refractivity contribution in [1.82, 2.24) is 5.32 Å². The largest absolute Gasteiger partial charge is 0.496 e. The lowest BCUT2D eigenvalue weighted by atomic mass is 9.79. The van der Waals surface area contributed by atoms with E-state index in [0.717, 1.165) is 18.7 Å². The average molecular weight is 508 g/mol. The first-order valence-corrected chi connectivity index (χ1v) is 12.7. The van der Waals surface area contributed by atoms with Crippen molar-refractivity contribution in [2.75, 3.05) is 30.1 Å². The van der Waals surface area contributed by atoms with Gasteiger partial charge in [-0.2, -0.15) is 0 Å². The minimum absolute atomic E-state index is 0.0115. The molecule has 2 amide bonds. The van der Waals surface area contributed by atoms with Crippen LogP contribution in [0.1, 0.15) is 58.1 Å². The first-order chi connectivity index (χ1) is 17.1. The third-order valence-electron chi connectivity index (χ3n) is 6.84. The summed E-state index contributed by atoms with van der Waals surface area (Å²) in [5.41, 5.74) is 3.48. The van der Waals surface area contributed by atoms with Gasteiger partial charge in [0.25, 0.3) is 11.8 Å². The number of ether oxygens (including phenoxy) is 2.